The topological polar surface area (TPSA) is 102 Å². The third-order valence-corrected chi connectivity index (χ3v) is 5.27. The number of sulfonamides is 1. The summed E-state index contributed by atoms with van der Waals surface area (Å²) < 4.78 is 46.5. The Hall–Kier alpha value is -2.72. The van der Waals surface area contributed by atoms with Crippen molar-refractivity contribution < 1.29 is 22.5 Å². The molecule has 0 aliphatic carbocycles. The summed E-state index contributed by atoms with van der Waals surface area (Å²) in [6.07, 6.45) is 0. The van der Waals surface area contributed by atoms with Crippen LogP contribution in [0, 0.1) is 15.9 Å². The van der Waals surface area contributed by atoms with E-state index in [0.29, 0.717) is 32.0 Å². The molecule has 0 bridgehead atoms. The molecule has 1 heterocycles. The zero-order valence-electron chi connectivity index (χ0n) is 13.6. The molecule has 3 rings (SSSR count). The summed E-state index contributed by atoms with van der Waals surface area (Å²) in [6.45, 7) is 2.30. The summed E-state index contributed by atoms with van der Waals surface area (Å²) in [6, 6.07) is 8.70. The molecule has 0 spiro atoms. The number of anilines is 2. The zero-order chi connectivity index (χ0) is 18.7. The molecule has 8 nitrogen and oxygen atoms in total. The molecule has 0 radical (unpaired) electrons. The number of nitro groups is 1. The van der Waals surface area contributed by atoms with Crippen LogP contribution in [-0.2, 0) is 14.8 Å². The van der Waals surface area contributed by atoms with Crippen molar-refractivity contribution in [3.63, 3.8) is 0 Å². The lowest BCUT2D eigenvalue weighted by molar-refractivity contribution is -0.385. The first kappa shape index (κ1) is 18.1. The van der Waals surface area contributed by atoms with Crippen LogP contribution < -0.4 is 9.62 Å². The summed E-state index contributed by atoms with van der Waals surface area (Å²) in [5, 5.41) is 10.8. The summed E-state index contributed by atoms with van der Waals surface area (Å²) in [7, 11) is -4.18. The highest BCUT2D eigenvalue weighted by molar-refractivity contribution is 7.92. The first-order chi connectivity index (χ1) is 12.4. The fourth-order valence-corrected chi connectivity index (χ4v) is 3.68. The predicted molar refractivity (Wildman–Crippen MR) is 93.3 cm³/mol. The van der Waals surface area contributed by atoms with Gasteiger partial charge in [-0.15, -0.1) is 0 Å². The Morgan fingerprint density at radius 3 is 2.58 bits per heavy atom. The number of nitrogens with one attached hydrogen (secondary N) is 1. The van der Waals surface area contributed by atoms with Crippen LogP contribution in [0.1, 0.15) is 0 Å². The van der Waals surface area contributed by atoms with Crippen molar-refractivity contribution in [2.24, 2.45) is 0 Å². The molecule has 1 N–H and O–H groups in total. The highest BCUT2D eigenvalue weighted by atomic mass is 32.2. The normalized spacial score (nSPS) is 14.9. The molecule has 1 saturated heterocycles. The van der Waals surface area contributed by atoms with E-state index in [0.717, 1.165) is 6.07 Å². The van der Waals surface area contributed by atoms with E-state index in [-0.39, 0.29) is 16.3 Å². The molecule has 1 fully saturated rings. The Kier molecular flexibility index (Phi) is 5.05. The maximum atomic E-state index is 14.1. The summed E-state index contributed by atoms with van der Waals surface area (Å²) in [5.41, 5.74) is 0.0716. The SMILES string of the molecule is O=[N+]([O-])c1cccc(S(=O)(=O)Nc2cc(N3CCOCC3)ccc2F)c1. The molecule has 0 atom stereocenters. The average Bonchev–Trinajstić information content (AvgIpc) is 2.64. The third-order valence-electron chi connectivity index (χ3n) is 3.91. The number of halogens is 1. The number of nitrogens with zero attached hydrogens (tertiary/aromatic N) is 2. The lowest BCUT2D eigenvalue weighted by atomic mass is 10.2. The van der Waals surface area contributed by atoms with E-state index in [9.17, 15) is 22.9 Å². The van der Waals surface area contributed by atoms with E-state index in [1.54, 1.807) is 6.07 Å². The number of ether oxygens (including phenoxy) is 1. The number of hydrogen-bond acceptors (Lipinski definition) is 6. The Bertz CT molecular complexity index is 929. The van der Waals surface area contributed by atoms with Gasteiger partial charge in [0.25, 0.3) is 15.7 Å². The summed E-state index contributed by atoms with van der Waals surface area (Å²) in [5.74, 6) is -0.740. The van der Waals surface area contributed by atoms with Gasteiger partial charge in [-0.1, -0.05) is 6.07 Å². The van der Waals surface area contributed by atoms with Crippen LogP contribution in [0.2, 0.25) is 0 Å². The molecule has 10 heteroatoms. The molecule has 0 saturated carbocycles. The summed E-state index contributed by atoms with van der Waals surface area (Å²) >= 11 is 0. The van der Waals surface area contributed by atoms with Gasteiger partial charge in [0.05, 0.1) is 28.7 Å². The van der Waals surface area contributed by atoms with Crippen molar-refractivity contribution >= 4 is 27.1 Å². The van der Waals surface area contributed by atoms with E-state index in [1.807, 2.05) is 4.90 Å². The fourth-order valence-electron chi connectivity index (χ4n) is 2.58. The van der Waals surface area contributed by atoms with Gasteiger partial charge >= 0.3 is 0 Å². The lowest BCUT2D eigenvalue weighted by Gasteiger charge is -2.29. The standard InChI is InChI=1S/C16H16FN3O5S/c17-15-5-4-12(19-6-8-25-9-7-19)11-16(15)18-26(23,24)14-3-1-2-13(10-14)20(21)22/h1-5,10-11,18H,6-9H2. The Labute approximate surface area is 149 Å². The van der Waals surface area contributed by atoms with Crippen LogP contribution in [-0.4, -0.2) is 39.6 Å². The quantitative estimate of drug-likeness (QED) is 0.630. The molecule has 0 unspecified atom stereocenters. The second-order valence-electron chi connectivity index (χ2n) is 5.62. The van der Waals surface area contributed by atoms with Gasteiger partial charge in [-0.05, 0) is 24.3 Å². The van der Waals surface area contributed by atoms with Gasteiger partial charge in [0.15, 0.2) is 0 Å². The van der Waals surface area contributed by atoms with Gasteiger partial charge in [0.1, 0.15) is 5.82 Å². The molecule has 1 aliphatic rings. The molecule has 26 heavy (non-hydrogen) atoms. The first-order valence-electron chi connectivity index (χ1n) is 7.76. The van der Waals surface area contributed by atoms with Crippen LogP contribution in [0.15, 0.2) is 47.4 Å². The van der Waals surface area contributed by atoms with E-state index >= 15 is 0 Å². The van der Waals surface area contributed by atoms with Crippen LogP contribution in [0.3, 0.4) is 0 Å². The number of nitro benzene ring substituents is 1. The van der Waals surface area contributed by atoms with E-state index in [2.05, 4.69) is 4.72 Å². The Morgan fingerprint density at radius 2 is 1.88 bits per heavy atom. The van der Waals surface area contributed by atoms with Crippen molar-refractivity contribution in [2.75, 3.05) is 35.9 Å². The number of morpholine rings is 1. The largest absolute Gasteiger partial charge is 0.378 e. The lowest BCUT2D eigenvalue weighted by Crippen LogP contribution is -2.36. The van der Waals surface area contributed by atoms with Crippen molar-refractivity contribution in [3.8, 4) is 0 Å². The second-order valence-corrected chi connectivity index (χ2v) is 7.31. The Morgan fingerprint density at radius 1 is 1.15 bits per heavy atom. The van der Waals surface area contributed by atoms with Crippen molar-refractivity contribution in [1.82, 2.24) is 0 Å². The molecule has 2 aromatic rings. The summed E-state index contributed by atoms with van der Waals surface area (Å²) in [4.78, 5) is 11.8. The minimum Gasteiger partial charge on any atom is -0.378 e. The number of rotatable bonds is 5. The number of hydrogen-bond donors (Lipinski definition) is 1. The average molecular weight is 381 g/mol. The van der Waals surface area contributed by atoms with Crippen molar-refractivity contribution in [3.05, 3.63) is 58.4 Å². The molecular formula is C16H16FN3O5S. The third kappa shape index (κ3) is 3.92. The van der Waals surface area contributed by atoms with Crippen molar-refractivity contribution in [1.29, 1.82) is 0 Å². The van der Waals surface area contributed by atoms with Gasteiger partial charge in [0.2, 0.25) is 0 Å². The van der Waals surface area contributed by atoms with Gasteiger partial charge in [-0.25, -0.2) is 12.8 Å². The maximum absolute atomic E-state index is 14.1. The van der Waals surface area contributed by atoms with Gasteiger partial charge in [0, 0.05) is 30.9 Å². The smallest absolute Gasteiger partial charge is 0.270 e. The van der Waals surface area contributed by atoms with E-state index in [1.165, 1.54) is 30.3 Å². The van der Waals surface area contributed by atoms with Gasteiger partial charge < -0.3 is 9.64 Å². The molecule has 1 aliphatic heterocycles. The van der Waals surface area contributed by atoms with Crippen LogP contribution in [0.25, 0.3) is 0 Å². The minimum atomic E-state index is -4.18. The monoisotopic (exact) mass is 381 g/mol. The van der Waals surface area contributed by atoms with Crippen LogP contribution in [0.4, 0.5) is 21.5 Å². The zero-order valence-corrected chi connectivity index (χ0v) is 14.4. The van der Waals surface area contributed by atoms with Crippen LogP contribution >= 0.6 is 0 Å². The fraction of sp³-hybridized carbons (Fsp3) is 0.250. The molecule has 0 aromatic heterocycles. The number of benzene rings is 2. The van der Waals surface area contributed by atoms with E-state index < -0.39 is 20.8 Å². The van der Waals surface area contributed by atoms with Gasteiger partial charge in [-0.2, -0.15) is 0 Å². The molecule has 2 aromatic carbocycles. The first-order valence-corrected chi connectivity index (χ1v) is 9.25. The van der Waals surface area contributed by atoms with Gasteiger partial charge in [-0.3, -0.25) is 14.8 Å². The van der Waals surface area contributed by atoms with Crippen molar-refractivity contribution in [2.45, 2.75) is 4.90 Å². The maximum Gasteiger partial charge on any atom is 0.270 e. The minimum absolute atomic E-state index is 0.222. The highest BCUT2D eigenvalue weighted by Crippen LogP contribution is 2.26. The number of non-ortho nitro benzene ring substituents is 1. The highest BCUT2D eigenvalue weighted by Gasteiger charge is 2.20. The van der Waals surface area contributed by atoms with E-state index in [4.69, 9.17) is 4.74 Å². The molecule has 138 valence electrons. The predicted octanol–water partition coefficient (Wildman–Crippen LogP) is 2.37. The Balaban J connectivity index is 1.89. The molecule has 0 amide bonds. The second kappa shape index (κ2) is 7.26. The molecular weight excluding hydrogens is 365 g/mol. The van der Waals surface area contributed by atoms with Crippen LogP contribution in [0.5, 0.6) is 0 Å².